The highest BCUT2D eigenvalue weighted by molar-refractivity contribution is 6.07. The summed E-state index contributed by atoms with van der Waals surface area (Å²) in [6.07, 6.45) is 8.38. The Morgan fingerprint density at radius 2 is 1.12 bits per heavy atom. The summed E-state index contributed by atoms with van der Waals surface area (Å²) in [7, 11) is 5.68. The number of nitrogens with zero attached hydrogens (tertiary/aromatic N) is 1. The van der Waals surface area contributed by atoms with E-state index >= 15 is 0 Å². The van der Waals surface area contributed by atoms with Crippen LogP contribution in [0.4, 0.5) is 11.4 Å². The molecule has 0 fully saturated rings. The van der Waals surface area contributed by atoms with E-state index in [2.05, 4.69) is 88.5 Å². The van der Waals surface area contributed by atoms with Crippen molar-refractivity contribution >= 4 is 22.7 Å². The Labute approximate surface area is 149 Å². The molecule has 25 heavy (non-hydrogen) atoms. The minimum absolute atomic E-state index is 0.985. The second-order valence-electron chi connectivity index (χ2n) is 5.80. The van der Waals surface area contributed by atoms with Crippen molar-refractivity contribution in [1.29, 1.82) is 0 Å². The molecule has 0 spiro atoms. The number of hydrogen-bond donors (Lipinski definition) is 2. The maximum atomic E-state index is 4.24. The largest absolute Gasteiger partial charge is 0.388 e. The molecule has 3 heteroatoms. The number of rotatable bonds is 4. The molecule has 2 aromatic carbocycles. The summed E-state index contributed by atoms with van der Waals surface area (Å²) in [4.78, 5) is 4.24. The molecule has 2 aromatic rings. The third-order valence-electron chi connectivity index (χ3n) is 4.34. The van der Waals surface area contributed by atoms with Crippen LogP contribution in [0.1, 0.15) is 11.1 Å². The van der Waals surface area contributed by atoms with Crippen molar-refractivity contribution in [1.82, 2.24) is 0 Å². The number of hydrogen-bond acceptors (Lipinski definition) is 3. The Balaban J connectivity index is 2.12. The zero-order valence-electron chi connectivity index (χ0n) is 14.9. The summed E-state index contributed by atoms with van der Waals surface area (Å²) in [6, 6.07) is 17.0. The Bertz CT molecular complexity index is 784. The molecule has 0 bridgehead atoms. The van der Waals surface area contributed by atoms with Crippen molar-refractivity contribution in [2.45, 2.75) is 0 Å². The second kappa shape index (κ2) is 7.67. The summed E-state index contributed by atoms with van der Waals surface area (Å²) >= 11 is 0. The monoisotopic (exact) mass is 329 g/mol. The molecular formula is C22H23N3. The van der Waals surface area contributed by atoms with Crippen molar-refractivity contribution in [3.8, 4) is 0 Å². The highest BCUT2D eigenvalue weighted by Crippen LogP contribution is 2.31. The van der Waals surface area contributed by atoms with Crippen LogP contribution in [0.2, 0.25) is 0 Å². The standard InChI is InChI=1S/C22H23N3/c1-23-19-10-4-16(5-11-19)22(17-6-12-20(24-2)13-7-17)18-8-14-21(25-3)15-9-18/h4-15,23-24H,1-3H3. The van der Waals surface area contributed by atoms with E-state index in [1.807, 2.05) is 21.1 Å². The van der Waals surface area contributed by atoms with Crippen LogP contribution < -0.4 is 10.6 Å². The van der Waals surface area contributed by atoms with E-state index in [0.717, 1.165) is 17.1 Å². The molecule has 1 aliphatic carbocycles. The Morgan fingerprint density at radius 1 is 0.680 bits per heavy atom. The first-order valence-electron chi connectivity index (χ1n) is 8.38. The molecule has 0 saturated heterocycles. The third-order valence-corrected chi connectivity index (χ3v) is 4.34. The topological polar surface area (TPSA) is 36.4 Å². The van der Waals surface area contributed by atoms with Crippen LogP contribution in [0.15, 0.2) is 83.4 Å². The van der Waals surface area contributed by atoms with E-state index < -0.39 is 0 Å². The quantitative estimate of drug-likeness (QED) is 0.848. The van der Waals surface area contributed by atoms with Crippen LogP contribution >= 0.6 is 0 Å². The predicted molar refractivity (Wildman–Crippen MR) is 110 cm³/mol. The first-order valence-corrected chi connectivity index (χ1v) is 8.38. The van der Waals surface area contributed by atoms with Gasteiger partial charge in [0.15, 0.2) is 0 Å². The summed E-state index contributed by atoms with van der Waals surface area (Å²) < 4.78 is 0. The van der Waals surface area contributed by atoms with Crippen LogP contribution in [-0.2, 0) is 0 Å². The number of aliphatic imine (C=N–C) groups is 1. The summed E-state index contributed by atoms with van der Waals surface area (Å²) in [5, 5.41) is 6.35. The lowest BCUT2D eigenvalue weighted by atomic mass is 9.90. The SMILES string of the molecule is CN=C1C=CC(=C(c2ccc(NC)cc2)c2ccc(NC)cc2)C=C1. The van der Waals surface area contributed by atoms with E-state index in [1.165, 1.54) is 22.3 Å². The molecule has 2 N–H and O–H groups in total. The predicted octanol–water partition coefficient (Wildman–Crippen LogP) is 4.77. The zero-order valence-corrected chi connectivity index (χ0v) is 14.9. The molecule has 0 heterocycles. The maximum absolute atomic E-state index is 4.24. The summed E-state index contributed by atoms with van der Waals surface area (Å²) in [5.74, 6) is 0. The van der Waals surface area contributed by atoms with Gasteiger partial charge in [-0.3, -0.25) is 4.99 Å². The summed E-state index contributed by atoms with van der Waals surface area (Å²) in [5.41, 5.74) is 7.98. The van der Waals surface area contributed by atoms with Gasteiger partial charge in [0, 0.05) is 32.5 Å². The van der Waals surface area contributed by atoms with Crippen LogP contribution in [0, 0.1) is 0 Å². The first-order chi connectivity index (χ1) is 12.2. The number of benzene rings is 2. The first kappa shape index (κ1) is 16.8. The molecule has 126 valence electrons. The maximum Gasteiger partial charge on any atom is 0.0571 e. The van der Waals surface area contributed by atoms with Gasteiger partial charge >= 0.3 is 0 Å². The average molecular weight is 329 g/mol. The molecule has 0 radical (unpaired) electrons. The molecule has 0 aromatic heterocycles. The highest BCUT2D eigenvalue weighted by atomic mass is 14.8. The van der Waals surface area contributed by atoms with Crippen molar-refractivity contribution < 1.29 is 0 Å². The van der Waals surface area contributed by atoms with Gasteiger partial charge < -0.3 is 10.6 Å². The summed E-state index contributed by atoms with van der Waals surface area (Å²) in [6.45, 7) is 0. The lowest BCUT2D eigenvalue weighted by Crippen LogP contribution is -1.98. The van der Waals surface area contributed by atoms with Crippen molar-refractivity contribution in [3.05, 3.63) is 89.5 Å². The Morgan fingerprint density at radius 3 is 1.48 bits per heavy atom. The van der Waals surface area contributed by atoms with Crippen LogP contribution in [0.25, 0.3) is 5.57 Å². The number of allylic oxidation sites excluding steroid dienone is 5. The smallest absolute Gasteiger partial charge is 0.0571 e. The van der Waals surface area contributed by atoms with Gasteiger partial charge in [-0.1, -0.05) is 36.4 Å². The van der Waals surface area contributed by atoms with E-state index in [9.17, 15) is 0 Å². The lowest BCUT2D eigenvalue weighted by molar-refractivity contribution is 1.44. The molecule has 0 unspecified atom stereocenters. The third kappa shape index (κ3) is 3.72. The molecule has 3 nitrogen and oxygen atoms in total. The molecule has 0 aliphatic heterocycles. The molecule has 0 amide bonds. The van der Waals surface area contributed by atoms with E-state index in [0.29, 0.717) is 0 Å². The molecular weight excluding hydrogens is 306 g/mol. The van der Waals surface area contributed by atoms with Gasteiger partial charge in [-0.15, -0.1) is 0 Å². The van der Waals surface area contributed by atoms with E-state index in [-0.39, 0.29) is 0 Å². The second-order valence-corrected chi connectivity index (χ2v) is 5.80. The Kier molecular flexibility index (Phi) is 5.14. The van der Waals surface area contributed by atoms with Gasteiger partial charge in [0.25, 0.3) is 0 Å². The number of nitrogens with one attached hydrogen (secondary N) is 2. The van der Waals surface area contributed by atoms with Crippen LogP contribution in [0.5, 0.6) is 0 Å². The fraction of sp³-hybridized carbons (Fsp3) is 0.136. The average Bonchev–Trinajstić information content (AvgIpc) is 2.70. The van der Waals surface area contributed by atoms with E-state index in [1.54, 1.807) is 0 Å². The fourth-order valence-electron chi connectivity index (χ4n) is 2.88. The molecule has 3 rings (SSSR count). The highest BCUT2D eigenvalue weighted by Gasteiger charge is 2.11. The normalized spacial score (nSPS) is 12.9. The van der Waals surface area contributed by atoms with Crippen LogP contribution in [0.3, 0.4) is 0 Å². The molecule has 1 aliphatic rings. The van der Waals surface area contributed by atoms with Gasteiger partial charge in [0.1, 0.15) is 0 Å². The van der Waals surface area contributed by atoms with Gasteiger partial charge in [-0.2, -0.15) is 0 Å². The minimum atomic E-state index is 0.985. The zero-order chi connectivity index (χ0) is 17.6. The van der Waals surface area contributed by atoms with Gasteiger partial charge in [0.2, 0.25) is 0 Å². The van der Waals surface area contributed by atoms with Gasteiger partial charge in [0.05, 0.1) is 5.71 Å². The van der Waals surface area contributed by atoms with E-state index in [4.69, 9.17) is 0 Å². The lowest BCUT2D eigenvalue weighted by Gasteiger charge is -2.15. The number of anilines is 2. The minimum Gasteiger partial charge on any atom is -0.388 e. The van der Waals surface area contributed by atoms with Crippen molar-refractivity contribution in [3.63, 3.8) is 0 Å². The Hall–Kier alpha value is -3.07. The van der Waals surface area contributed by atoms with Crippen molar-refractivity contribution in [2.24, 2.45) is 4.99 Å². The molecule has 0 saturated carbocycles. The molecule has 0 atom stereocenters. The van der Waals surface area contributed by atoms with Gasteiger partial charge in [-0.05, 0) is 58.7 Å². The van der Waals surface area contributed by atoms with Crippen LogP contribution in [-0.4, -0.2) is 26.9 Å². The van der Waals surface area contributed by atoms with Gasteiger partial charge in [-0.25, -0.2) is 0 Å². The van der Waals surface area contributed by atoms with Crippen molar-refractivity contribution in [2.75, 3.05) is 31.8 Å². The fourth-order valence-corrected chi connectivity index (χ4v) is 2.88.